The van der Waals surface area contributed by atoms with Crippen molar-refractivity contribution >= 4 is 29.2 Å². The van der Waals surface area contributed by atoms with Crippen LogP contribution < -0.4 is 34.9 Å². The Morgan fingerprint density at radius 3 is 2.29 bits per heavy atom. The van der Waals surface area contributed by atoms with Crippen molar-refractivity contribution in [3.8, 4) is 6.19 Å². The Hall–Kier alpha value is 0.600. The average Bonchev–Trinajstić information content (AvgIpc) is 1.35. The van der Waals surface area contributed by atoms with Crippen LogP contribution in [0, 0.1) is 11.5 Å². The van der Waals surface area contributed by atoms with Crippen molar-refractivity contribution in [2.45, 2.75) is 0 Å². The Balaban J connectivity index is 0. The fraction of sp³-hybridized carbons (Fsp3) is 0. The molecule has 0 aliphatic rings. The number of hydrogen-bond donors (Lipinski definition) is 1. The van der Waals surface area contributed by atoms with Crippen LogP contribution in [0.2, 0.25) is 0 Å². The first-order valence-electron chi connectivity index (χ1n) is 1.13. The standard InChI is InChI=1S/C2H2N2S2.Na/c3-1-4-2(5)6;/h(H2,4,5,6);/q;+1/p-1. The van der Waals surface area contributed by atoms with Gasteiger partial charge < -0.3 is 30.2 Å². The molecule has 0 atom stereocenters. The summed E-state index contributed by atoms with van der Waals surface area (Å²) >= 11 is 8.55. The van der Waals surface area contributed by atoms with E-state index >= 15 is 0 Å². The second kappa shape index (κ2) is 6.60. The van der Waals surface area contributed by atoms with E-state index in [1.54, 1.807) is 6.19 Å². The third-order valence-corrected chi connectivity index (χ3v) is 0.362. The van der Waals surface area contributed by atoms with E-state index in [0.29, 0.717) is 0 Å². The molecule has 1 N–H and O–H groups in total. The van der Waals surface area contributed by atoms with Crippen molar-refractivity contribution in [3.63, 3.8) is 0 Å². The minimum absolute atomic E-state index is 0. The zero-order valence-electron chi connectivity index (χ0n) is 3.76. The van der Waals surface area contributed by atoms with E-state index in [9.17, 15) is 0 Å². The summed E-state index contributed by atoms with van der Waals surface area (Å²) in [6.45, 7) is 0. The third kappa shape index (κ3) is 10.8. The Labute approximate surface area is 75.0 Å². The van der Waals surface area contributed by atoms with E-state index in [2.05, 4.69) is 30.2 Å². The zero-order valence-corrected chi connectivity index (χ0v) is 7.40. The second-order valence-corrected chi connectivity index (χ2v) is 1.60. The summed E-state index contributed by atoms with van der Waals surface area (Å²) < 4.78 is 0.0949. The number of rotatable bonds is 0. The van der Waals surface area contributed by atoms with Gasteiger partial charge in [0.1, 0.15) is 0 Å². The first kappa shape index (κ1) is 10.6. The molecule has 0 fully saturated rings. The maximum atomic E-state index is 7.72. The summed E-state index contributed by atoms with van der Waals surface area (Å²) in [6, 6.07) is 0. The molecule has 0 amide bonds. The van der Waals surface area contributed by atoms with Crippen LogP contribution in [0.3, 0.4) is 0 Å². The molecule has 0 radical (unpaired) electrons. The first-order valence-corrected chi connectivity index (χ1v) is 1.95. The quantitative estimate of drug-likeness (QED) is 0.127. The molecule has 0 aromatic heterocycles. The molecule has 0 rings (SSSR count). The van der Waals surface area contributed by atoms with Crippen molar-refractivity contribution in [2.75, 3.05) is 0 Å². The van der Waals surface area contributed by atoms with E-state index in [1.165, 1.54) is 0 Å². The number of nitrogens with zero attached hydrogens (tertiary/aromatic N) is 1. The summed E-state index contributed by atoms with van der Waals surface area (Å²) in [4.78, 5) is 0. The van der Waals surface area contributed by atoms with Crippen molar-refractivity contribution in [2.24, 2.45) is 0 Å². The predicted octanol–water partition coefficient (Wildman–Crippen LogP) is -3.11. The van der Waals surface area contributed by atoms with Crippen LogP contribution >= 0.6 is 12.2 Å². The molecule has 0 heterocycles. The van der Waals surface area contributed by atoms with Crippen molar-refractivity contribution in [3.05, 3.63) is 0 Å². The zero-order chi connectivity index (χ0) is 4.99. The van der Waals surface area contributed by atoms with E-state index in [0.717, 1.165) is 0 Å². The molecule has 0 unspecified atom stereocenters. The smallest absolute Gasteiger partial charge is 0.410 e. The van der Waals surface area contributed by atoms with Gasteiger partial charge in [-0.2, -0.15) is 5.26 Å². The molecule has 0 saturated carbocycles. The van der Waals surface area contributed by atoms with Crippen molar-refractivity contribution < 1.29 is 29.6 Å². The summed E-state index contributed by atoms with van der Waals surface area (Å²) in [6.07, 6.45) is 1.57. The van der Waals surface area contributed by atoms with Crippen molar-refractivity contribution in [1.82, 2.24) is 5.32 Å². The van der Waals surface area contributed by atoms with E-state index in [1.807, 2.05) is 0 Å². The summed E-state index contributed by atoms with van der Waals surface area (Å²) in [7, 11) is 0. The minimum atomic E-state index is 0. The maximum absolute atomic E-state index is 7.72. The Morgan fingerprint density at radius 2 is 2.29 bits per heavy atom. The summed E-state index contributed by atoms with van der Waals surface area (Å²) in [5.41, 5.74) is 0. The van der Waals surface area contributed by atoms with Crippen LogP contribution in [0.4, 0.5) is 0 Å². The van der Waals surface area contributed by atoms with Crippen molar-refractivity contribution in [1.29, 1.82) is 5.26 Å². The van der Waals surface area contributed by atoms with Crippen LogP contribution in [-0.4, -0.2) is 4.32 Å². The SMILES string of the molecule is N#CNC(=S)[S-].[Na+]. The topological polar surface area (TPSA) is 35.8 Å². The molecule has 0 aliphatic carbocycles. The normalized spacial score (nSPS) is 5.00. The van der Waals surface area contributed by atoms with Gasteiger partial charge in [0.05, 0.1) is 0 Å². The first-order chi connectivity index (χ1) is 2.77. The molecule has 7 heavy (non-hydrogen) atoms. The van der Waals surface area contributed by atoms with E-state index < -0.39 is 0 Å². The summed E-state index contributed by atoms with van der Waals surface area (Å²) in [5, 5.41) is 9.78. The van der Waals surface area contributed by atoms with Gasteiger partial charge in [0.2, 0.25) is 0 Å². The molecule has 32 valence electrons. The Morgan fingerprint density at radius 1 is 1.86 bits per heavy atom. The van der Waals surface area contributed by atoms with Gasteiger partial charge in [-0.15, -0.1) is 0 Å². The average molecular weight is 140 g/mol. The van der Waals surface area contributed by atoms with Gasteiger partial charge in [0, 0.05) is 0 Å². The maximum Gasteiger partial charge on any atom is 1.00 e. The minimum Gasteiger partial charge on any atom is -0.410 e. The number of nitrogens with one attached hydrogen (secondary N) is 1. The molecule has 0 aliphatic heterocycles. The van der Waals surface area contributed by atoms with Gasteiger partial charge in [0.25, 0.3) is 0 Å². The van der Waals surface area contributed by atoms with Gasteiger partial charge >= 0.3 is 29.6 Å². The van der Waals surface area contributed by atoms with Crippen LogP contribution in [0.1, 0.15) is 0 Å². The van der Waals surface area contributed by atoms with Gasteiger partial charge in [-0.05, 0) is 0 Å². The fourth-order valence-electron chi connectivity index (χ4n) is 0.0456. The number of hydrogen-bond acceptors (Lipinski definition) is 3. The predicted molar refractivity (Wildman–Crippen MR) is 28.7 cm³/mol. The molecule has 0 aromatic carbocycles. The monoisotopic (exact) mass is 140 g/mol. The van der Waals surface area contributed by atoms with Gasteiger partial charge in [0.15, 0.2) is 6.19 Å². The van der Waals surface area contributed by atoms with Gasteiger partial charge in [-0.3, -0.25) is 0 Å². The Kier molecular flexibility index (Phi) is 9.95. The largest absolute Gasteiger partial charge is 1.00 e. The van der Waals surface area contributed by atoms with E-state index in [-0.39, 0.29) is 33.9 Å². The molecule has 0 spiro atoms. The summed E-state index contributed by atoms with van der Waals surface area (Å²) in [5.74, 6) is 0. The molecule has 0 saturated heterocycles. The number of thiocarbonyl (C=S) groups is 1. The molecular weight excluding hydrogens is 139 g/mol. The molecule has 2 nitrogen and oxygen atoms in total. The molecule has 0 bridgehead atoms. The van der Waals surface area contributed by atoms with Gasteiger partial charge in [-0.1, -0.05) is 4.32 Å². The molecule has 0 aromatic rings. The van der Waals surface area contributed by atoms with Crippen LogP contribution in [0.25, 0.3) is 0 Å². The van der Waals surface area contributed by atoms with Crippen LogP contribution in [0.15, 0.2) is 0 Å². The van der Waals surface area contributed by atoms with Gasteiger partial charge in [-0.25, -0.2) is 0 Å². The molecule has 5 heteroatoms. The van der Waals surface area contributed by atoms with Crippen LogP contribution in [-0.2, 0) is 12.6 Å². The molecular formula is C2HN2NaS2. The number of nitriles is 1. The fourth-order valence-corrected chi connectivity index (χ4v) is 0.137. The second-order valence-electron chi connectivity index (χ2n) is 0.524. The van der Waals surface area contributed by atoms with E-state index in [4.69, 9.17) is 5.26 Å². The third-order valence-electron chi connectivity index (χ3n) is 0.158. The Bertz CT molecular complexity index is 96.4. The van der Waals surface area contributed by atoms with Crippen LogP contribution in [0.5, 0.6) is 0 Å².